The van der Waals surface area contributed by atoms with E-state index in [2.05, 4.69) is 10.9 Å². The van der Waals surface area contributed by atoms with Crippen LogP contribution in [0, 0.1) is 0 Å². The molecule has 2 aromatic carbocycles. The van der Waals surface area contributed by atoms with Gasteiger partial charge in [0.1, 0.15) is 17.6 Å². The SMILES string of the molecule is CNNC1(O)CC(c2ccccc2)Oc2ccc(O)cc21. The lowest BCUT2D eigenvalue weighted by molar-refractivity contribution is -0.0675. The number of phenols is 1. The van der Waals surface area contributed by atoms with Gasteiger partial charge in [0.05, 0.1) is 0 Å². The second-order valence-corrected chi connectivity index (χ2v) is 5.14. The monoisotopic (exact) mass is 286 g/mol. The highest BCUT2D eigenvalue weighted by Crippen LogP contribution is 2.44. The fourth-order valence-electron chi connectivity index (χ4n) is 2.70. The van der Waals surface area contributed by atoms with E-state index in [1.807, 2.05) is 30.3 Å². The standard InChI is InChI=1S/C16H18N2O3/c1-17-18-16(20)10-15(11-5-3-2-4-6-11)21-14-8-7-12(19)9-13(14)16/h2-9,15,17-20H,10H2,1H3. The van der Waals surface area contributed by atoms with Gasteiger partial charge in [0.15, 0.2) is 5.72 Å². The molecule has 0 amide bonds. The summed E-state index contributed by atoms with van der Waals surface area (Å²) in [7, 11) is 1.69. The maximum atomic E-state index is 10.9. The minimum Gasteiger partial charge on any atom is -0.508 e. The Bertz CT molecular complexity index is 633. The number of benzene rings is 2. The first-order chi connectivity index (χ1) is 10.1. The Morgan fingerprint density at radius 2 is 1.95 bits per heavy atom. The molecule has 3 rings (SSSR count). The number of hydrogen-bond donors (Lipinski definition) is 4. The van der Waals surface area contributed by atoms with Crippen LogP contribution in [0.1, 0.15) is 23.7 Å². The molecule has 2 atom stereocenters. The number of nitrogens with one attached hydrogen (secondary N) is 2. The van der Waals surface area contributed by atoms with Crippen molar-refractivity contribution in [2.45, 2.75) is 18.2 Å². The van der Waals surface area contributed by atoms with E-state index in [1.165, 1.54) is 6.07 Å². The van der Waals surface area contributed by atoms with Gasteiger partial charge in [0.2, 0.25) is 0 Å². The van der Waals surface area contributed by atoms with Crippen molar-refractivity contribution < 1.29 is 14.9 Å². The van der Waals surface area contributed by atoms with Crippen LogP contribution in [0.2, 0.25) is 0 Å². The molecular weight excluding hydrogens is 268 g/mol. The predicted octanol–water partition coefficient (Wildman–Crippen LogP) is 1.79. The van der Waals surface area contributed by atoms with Crippen molar-refractivity contribution in [2.24, 2.45) is 0 Å². The first-order valence-corrected chi connectivity index (χ1v) is 6.84. The predicted molar refractivity (Wildman–Crippen MR) is 78.6 cm³/mol. The Labute approximate surface area is 123 Å². The molecule has 5 heteroatoms. The molecular formula is C16H18N2O3. The Balaban J connectivity index is 2.03. The highest BCUT2D eigenvalue weighted by atomic mass is 16.5. The van der Waals surface area contributed by atoms with Crippen LogP contribution in [-0.2, 0) is 5.72 Å². The van der Waals surface area contributed by atoms with Gasteiger partial charge in [-0.3, -0.25) is 5.43 Å². The molecule has 110 valence electrons. The average molecular weight is 286 g/mol. The lowest BCUT2D eigenvalue weighted by atomic mass is 9.90. The zero-order chi connectivity index (χ0) is 14.9. The van der Waals surface area contributed by atoms with E-state index in [4.69, 9.17) is 4.74 Å². The van der Waals surface area contributed by atoms with E-state index in [0.29, 0.717) is 17.7 Å². The van der Waals surface area contributed by atoms with Crippen molar-refractivity contribution in [3.63, 3.8) is 0 Å². The van der Waals surface area contributed by atoms with Gasteiger partial charge in [0, 0.05) is 12.0 Å². The van der Waals surface area contributed by atoms with E-state index in [0.717, 1.165) is 5.56 Å². The summed E-state index contributed by atoms with van der Waals surface area (Å²) in [5.74, 6) is 0.644. The largest absolute Gasteiger partial charge is 0.508 e. The number of hydrogen-bond acceptors (Lipinski definition) is 5. The maximum absolute atomic E-state index is 10.9. The highest BCUT2D eigenvalue weighted by Gasteiger charge is 2.40. The number of aromatic hydroxyl groups is 1. The van der Waals surface area contributed by atoms with Crippen molar-refractivity contribution in [3.8, 4) is 11.5 Å². The van der Waals surface area contributed by atoms with Gasteiger partial charge in [0.25, 0.3) is 0 Å². The van der Waals surface area contributed by atoms with Crippen LogP contribution < -0.4 is 15.6 Å². The molecule has 4 N–H and O–H groups in total. The van der Waals surface area contributed by atoms with E-state index >= 15 is 0 Å². The third-order valence-corrected chi connectivity index (χ3v) is 3.66. The number of aliphatic hydroxyl groups is 1. The smallest absolute Gasteiger partial charge is 0.161 e. The van der Waals surface area contributed by atoms with E-state index < -0.39 is 5.72 Å². The van der Waals surface area contributed by atoms with Crippen LogP contribution in [-0.4, -0.2) is 17.3 Å². The van der Waals surface area contributed by atoms with E-state index in [-0.39, 0.29) is 11.9 Å². The molecule has 1 aliphatic rings. The van der Waals surface area contributed by atoms with Crippen LogP contribution in [0.15, 0.2) is 48.5 Å². The summed E-state index contributed by atoms with van der Waals surface area (Å²) in [6.07, 6.45) is 0.0583. The molecule has 0 spiro atoms. The summed E-state index contributed by atoms with van der Waals surface area (Å²) >= 11 is 0. The normalized spacial score (nSPS) is 24.2. The van der Waals surface area contributed by atoms with Crippen molar-refractivity contribution in [1.82, 2.24) is 10.9 Å². The van der Waals surface area contributed by atoms with E-state index in [9.17, 15) is 10.2 Å². The summed E-state index contributed by atoms with van der Waals surface area (Å²) < 4.78 is 5.98. The van der Waals surface area contributed by atoms with Crippen LogP contribution in [0.4, 0.5) is 0 Å². The zero-order valence-electron chi connectivity index (χ0n) is 11.7. The van der Waals surface area contributed by atoms with Crippen molar-refractivity contribution in [2.75, 3.05) is 7.05 Å². The van der Waals surface area contributed by atoms with Crippen molar-refractivity contribution >= 4 is 0 Å². The van der Waals surface area contributed by atoms with Crippen LogP contribution in [0.25, 0.3) is 0 Å². The van der Waals surface area contributed by atoms with Crippen LogP contribution in [0.5, 0.6) is 11.5 Å². The fraction of sp³-hybridized carbons (Fsp3) is 0.250. The molecule has 0 radical (unpaired) electrons. The quantitative estimate of drug-likeness (QED) is 0.511. The summed E-state index contributed by atoms with van der Waals surface area (Å²) in [6, 6.07) is 14.5. The van der Waals surface area contributed by atoms with Gasteiger partial charge in [-0.2, -0.15) is 0 Å². The first kappa shape index (κ1) is 13.9. The fourth-order valence-corrected chi connectivity index (χ4v) is 2.70. The molecule has 2 unspecified atom stereocenters. The zero-order valence-corrected chi connectivity index (χ0v) is 11.7. The molecule has 0 fully saturated rings. The summed E-state index contributed by atoms with van der Waals surface area (Å²) in [5, 5.41) is 20.6. The Kier molecular flexibility index (Phi) is 3.55. The lowest BCUT2D eigenvalue weighted by Crippen LogP contribution is -2.51. The molecule has 0 saturated heterocycles. The Morgan fingerprint density at radius 1 is 1.19 bits per heavy atom. The van der Waals surface area contributed by atoms with Gasteiger partial charge in [-0.25, -0.2) is 5.43 Å². The van der Waals surface area contributed by atoms with Crippen molar-refractivity contribution in [1.29, 1.82) is 0 Å². The second kappa shape index (κ2) is 5.37. The maximum Gasteiger partial charge on any atom is 0.161 e. The van der Waals surface area contributed by atoms with Gasteiger partial charge in [-0.15, -0.1) is 0 Å². The Hall–Kier alpha value is -2.08. The van der Waals surface area contributed by atoms with Crippen molar-refractivity contribution in [3.05, 3.63) is 59.7 Å². The number of fused-ring (bicyclic) bond motifs is 1. The molecule has 21 heavy (non-hydrogen) atoms. The third-order valence-electron chi connectivity index (χ3n) is 3.66. The first-order valence-electron chi connectivity index (χ1n) is 6.84. The Morgan fingerprint density at radius 3 is 2.67 bits per heavy atom. The van der Waals surface area contributed by atoms with Gasteiger partial charge in [-0.05, 0) is 30.8 Å². The minimum absolute atomic E-state index is 0.0897. The van der Waals surface area contributed by atoms with Gasteiger partial charge >= 0.3 is 0 Å². The summed E-state index contributed by atoms with van der Waals surface area (Å²) in [4.78, 5) is 0. The molecule has 0 aromatic heterocycles. The molecule has 0 aliphatic carbocycles. The minimum atomic E-state index is -1.32. The molecule has 0 saturated carbocycles. The van der Waals surface area contributed by atoms with Crippen LogP contribution >= 0.6 is 0 Å². The average Bonchev–Trinajstić information content (AvgIpc) is 2.49. The third kappa shape index (κ3) is 2.58. The lowest BCUT2D eigenvalue weighted by Gasteiger charge is -2.39. The highest BCUT2D eigenvalue weighted by molar-refractivity contribution is 5.45. The number of hydrazine groups is 1. The van der Waals surface area contributed by atoms with Gasteiger partial charge in [-0.1, -0.05) is 30.3 Å². The summed E-state index contributed by atoms with van der Waals surface area (Å²) in [5.41, 5.74) is 5.82. The number of phenolic OH excluding ortho intramolecular Hbond substituents is 1. The summed E-state index contributed by atoms with van der Waals surface area (Å²) in [6.45, 7) is 0. The molecule has 1 aliphatic heterocycles. The van der Waals surface area contributed by atoms with Crippen LogP contribution in [0.3, 0.4) is 0 Å². The topological polar surface area (TPSA) is 73.8 Å². The van der Waals surface area contributed by atoms with Gasteiger partial charge < -0.3 is 14.9 Å². The molecule has 5 nitrogen and oxygen atoms in total. The molecule has 2 aromatic rings. The molecule has 1 heterocycles. The second-order valence-electron chi connectivity index (χ2n) is 5.14. The number of rotatable bonds is 3. The molecule has 0 bridgehead atoms. The van der Waals surface area contributed by atoms with E-state index in [1.54, 1.807) is 19.2 Å². The number of ether oxygens (including phenoxy) is 1.